The molecule has 4 heterocycles. The second-order valence-electron chi connectivity index (χ2n) is 13.0. The van der Waals surface area contributed by atoms with Crippen LogP contribution in [0, 0.1) is 0 Å². The number of carbonyl (C=O) groups excluding carboxylic acids is 2. The molecular formula is C37H40N10O2. The fourth-order valence-electron chi connectivity index (χ4n) is 7.10. The van der Waals surface area contributed by atoms with Gasteiger partial charge in [-0.15, -0.1) is 0 Å². The number of amides is 3. The van der Waals surface area contributed by atoms with E-state index >= 15 is 0 Å². The lowest BCUT2D eigenvalue weighted by atomic mass is 10.1. The Morgan fingerprint density at radius 3 is 2.20 bits per heavy atom. The Bertz CT molecular complexity index is 1930. The van der Waals surface area contributed by atoms with Gasteiger partial charge in [-0.3, -0.25) is 24.5 Å². The highest BCUT2D eigenvalue weighted by atomic mass is 16.2. The van der Waals surface area contributed by atoms with Crippen LogP contribution in [0.15, 0.2) is 85.1 Å². The monoisotopic (exact) mass is 656 g/mol. The number of carbonyl (C=O) groups is 2. The van der Waals surface area contributed by atoms with Gasteiger partial charge in [-0.05, 0) is 66.9 Å². The van der Waals surface area contributed by atoms with E-state index in [1.54, 1.807) is 4.90 Å². The van der Waals surface area contributed by atoms with Crippen LogP contribution in [0.3, 0.4) is 0 Å². The first-order valence-electron chi connectivity index (χ1n) is 17.2. The summed E-state index contributed by atoms with van der Waals surface area (Å²) in [6, 6.07) is 26.7. The van der Waals surface area contributed by atoms with Crippen LogP contribution in [0.4, 0.5) is 39.4 Å². The number of aromatic nitrogens is 4. The van der Waals surface area contributed by atoms with Crippen LogP contribution in [0.5, 0.6) is 0 Å². The zero-order valence-electron chi connectivity index (χ0n) is 27.4. The second kappa shape index (κ2) is 13.6. The molecule has 8 rings (SSSR count). The van der Waals surface area contributed by atoms with Gasteiger partial charge in [0, 0.05) is 74.5 Å². The Hall–Kier alpha value is -5.49. The smallest absolute Gasteiger partial charge is 0.328 e. The van der Waals surface area contributed by atoms with Crippen LogP contribution in [0.1, 0.15) is 43.7 Å². The second-order valence-corrected chi connectivity index (χ2v) is 13.0. The number of anilines is 6. The lowest BCUT2D eigenvalue weighted by Gasteiger charge is -2.36. The number of imide groups is 1. The van der Waals surface area contributed by atoms with Gasteiger partial charge < -0.3 is 15.5 Å². The van der Waals surface area contributed by atoms with E-state index in [0.29, 0.717) is 25.0 Å². The number of hydrogen-bond donors (Lipinski definition) is 3. The van der Waals surface area contributed by atoms with Crippen molar-refractivity contribution in [1.29, 1.82) is 0 Å². The van der Waals surface area contributed by atoms with Crippen molar-refractivity contribution >= 4 is 57.7 Å². The van der Waals surface area contributed by atoms with E-state index in [0.717, 1.165) is 79.7 Å². The first kappa shape index (κ1) is 30.8. The number of hydrogen-bond acceptors (Lipinski definition) is 9. The SMILES string of the molecule is O=C1CCN(c2ccc(CN3CCN(c4ccc(Nc5ncc6nc(Nc7ccccc7)n(C7CCCC7)c6n5)cc4)CC3)cc2)C(=O)N1. The van der Waals surface area contributed by atoms with E-state index in [9.17, 15) is 9.59 Å². The molecule has 3 amide bonds. The van der Waals surface area contributed by atoms with Gasteiger partial charge in [-0.2, -0.15) is 4.98 Å². The zero-order chi connectivity index (χ0) is 33.2. The molecule has 1 saturated carbocycles. The molecule has 3 aliphatic rings. The van der Waals surface area contributed by atoms with E-state index in [2.05, 4.69) is 71.7 Å². The van der Waals surface area contributed by atoms with Gasteiger partial charge in [0.25, 0.3) is 0 Å². The molecule has 0 unspecified atom stereocenters. The standard InChI is InChI=1S/C37H40N10O2/c48-33-18-19-46(37(49)42-33)30-14-10-26(11-15-30)25-44-20-22-45(23-21-44)29-16-12-28(13-17-29)39-35-38-24-32-34(43-35)47(31-8-4-5-9-31)36(41-32)40-27-6-2-1-3-7-27/h1-3,6-7,10-17,24,31H,4-5,8-9,18-23,25H2,(H,40,41)(H,38,39,43)(H,42,48,49). The molecule has 0 bridgehead atoms. The molecule has 3 fully saturated rings. The molecular weight excluding hydrogens is 616 g/mol. The summed E-state index contributed by atoms with van der Waals surface area (Å²) in [6.45, 7) is 5.07. The summed E-state index contributed by atoms with van der Waals surface area (Å²) in [5, 5.41) is 9.31. The number of imidazole rings is 1. The van der Waals surface area contributed by atoms with E-state index in [1.807, 2.05) is 48.7 Å². The first-order chi connectivity index (χ1) is 24.1. The predicted octanol–water partition coefficient (Wildman–Crippen LogP) is 6.20. The number of nitrogens with zero attached hydrogens (tertiary/aromatic N) is 7. The topological polar surface area (TPSA) is 124 Å². The highest BCUT2D eigenvalue weighted by Gasteiger charge is 2.26. The Balaban J connectivity index is 0.885. The zero-order valence-corrected chi connectivity index (χ0v) is 27.4. The van der Waals surface area contributed by atoms with Gasteiger partial charge >= 0.3 is 6.03 Å². The molecule has 0 atom stereocenters. The molecule has 2 aromatic heterocycles. The van der Waals surface area contributed by atoms with Gasteiger partial charge in [0.05, 0.1) is 6.20 Å². The number of nitrogens with one attached hydrogen (secondary N) is 3. The van der Waals surface area contributed by atoms with E-state index in [4.69, 9.17) is 9.97 Å². The van der Waals surface area contributed by atoms with Crippen LogP contribution in [-0.2, 0) is 11.3 Å². The van der Waals surface area contributed by atoms with Crippen LogP contribution in [0.2, 0.25) is 0 Å². The predicted molar refractivity (Wildman–Crippen MR) is 192 cm³/mol. The van der Waals surface area contributed by atoms with Gasteiger partial charge in [0.2, 0.25) is 17.8 Å². The van der Waals surface area contributed by atoms with E-state index < -0.39 is 0 Å². The number of piperazine rings is 1. The highest BCUT2D eigenvalue weighted by Crippen LogP contribution is 2.36. The molecule has 12 heteroatoms. The van der Waals surface area contributed by atoms with E-state index in [-0.39, 0.29) is 11.9 Å². The third kappa shape index (κ3) is 6.77. The molecule has 0 spiro atoms. The van der Waals surface area contributed by atoms with Crippen molar-refractivity contribution in [3.05, 3.63) is 90.6 Å². The van der Waals surface area contributed by atoms with Crippen LogP contribution in [-0.4, -0.2) is 69.1 Å². The number of rotatable bonds is 9. The number of para-hydroxylation sites is 1. The fraction of sp³-hybridized carbons (Fsp3) is 0.324. The minimum atomic E-state index is -0.354. The molecule has 49 heavy (non-hydrogen) atoms. The average molecular weight is 657 g/mol. The maximum absolute atomic E-state index is 12.2. The largest absolute Gasteiger partial charge is 0.369 e. The minimum Gasteiger partial charge on any atom is -0.369 e. The molecule has 12 nitrogen and oxygen atoms in total. The third-order valence-corrected chi connectivity index (χ3v) is 9.72. The van der Waals surface area contributed by atoms with Crippen molar-refractivity contribution in [3.8, 4) is 0 Å². The van der Waals surface area contributed by atoms with E-state index in [1.165, 1.54) is 24.1 Å². The van der Waals surface area contributed by atoms with Crippen molar-refractivity contribution in [1.82, 2.24) is 29.7 Å². The Labute approximate surface area is 285 Å². The maximum atomic E-state index is 12.2. The van der Waals surface area contributed by atoms with Crippen molar-refractivity contribution in [2.45, 2.75) is 44.7 Å². The Morgan fingerprint density at radius 2 is 1.47 bits per heavy atom. The van der Waals surface area contributed by atoms with Crippen LogP contribution >= 0.6 is 0 Å². The number of urea groups is 1. The average Bonchev–Trinajstić information content (AvgIpc) is 3.78. The normalized spacial score (nSPS) is 17.5. The summed E-state index contributed by atoms with van der Waals surface area (Å²) in [6.07, 6.45) is 6.81. The molecule has 2 saturated heterocycles. The Kier molecular flexibility index (Phi) is 8.53. The van der Waals surface area contributed by atoms with Gasteiger partial charge in [-0.25, -0.2) is 14.8 Å². The Morgan fingerprint density at radius 1 is 0.755 bits per heavy atom. The fourth-order valence-corrected chi connectivity index (χ4v) is 7.10. The quantitative estimate of drug-likeness (QED) is 0.170. The summed E-state index contributed by atoms with van der Waals surface area (Å²) in [4.78, 5) is 44.6. The highest BCUT2D eigenvalue weighted by molar-refractivity contribution is 6.05. The lowest BCUT2D eigenvalue weighted by Crippen LogP contribution is -2.49. The van der Waals surface area contributed by atoms with Gasteiger partial charge in [0.15, 0.2) is 5.65 Å². The lowest BCUT2D eigenvalue weighted by molar-refractivity contribution is -0.120. The van der Waals surface area contributed by atoms with Gasteiger partial charge in [0.1, 0.15) is 5.52 Å². The summed E-state index contributed by atoms with van der Waals surface area (Å²) in [7, 11) is 0. The van der Waals surface area contributed by atoms with Crippen LogP contribution in [0.25, 0.3) is 11.2 Å². The molecule has 0 radical (unpaired) electrons. The summed E-state index contributed by atoms with van der Waals surface area (Å²) in [5.41, 5.74) is 6.78. The van der Waals surface area contributed by atoms with Gasteiger partial charge in [-0.1, -0.05) is 43.2 Å². The van der Waals surface area contributed by atoms with Crippen LogP contribution < -0.4 is 25.8 Å². The number of fused-ring (bicyclic) bond motifs is 1. The molecule has 1 aliphatic carbocycles. The molecule has 3 N–H and O–H groups in total. The molecule has 5 aromatic rings. The minimum absolute atomic E-state index is 0.220. The maximum Gasteiger partial charge on any atom is 0.328 e. The van der Waals surface area contributed by atoms with Crippen molar-refractivity contribution in [2.24, 2.45) is 0 Å². The first-order valence-corrected chi connectivity index (χ1v) is 17.2. The summed E-state index contributed by atoms with van der Waals surface area (Å²) >= 11 is 0. The summed E-state index contributed by atoms with van der Waals surface area (Å²) in [5.74, 6) is 1.15. The molecule has 3 aromatic carbocycles. The van der Waals surface area contributed by atoms with Crippen molar-refractivity contribution in [2.75, 3.05) is 53.2 Å². The third-order valence-electron chi connectivity index (χ3n) is 9.72. The number of benzene rings is 3. The molecule has 250 valence electrons. The summed E-state index contributed by atoms with van der Waals surface area (Å²) < 4.78 is 2.26. The van der Waals surface area contributed by atoms with Crippen molar-refractivity contribution in [3.63, 3.8) is 0 Å². The van der Waals surface area contributed by atoms with Crippen molar-refractivity contribution < 1.29 is 9.59 Å². The molecule has 2 aliphatic heterocycles.